The number of rotatable bonds is 5. The molecule has 1 aromatic carbocycles. The fourth-order valence-electron chi connectivity index (χ4n) is 3.90. The van der Waals surface area contributed by atoms with Crippen LogP contribution in [0.15, 0.2) is 47.1 Å². The summed E-state index contributed by atoms with van der Waals surface area (Å²) in [5.41, 5.74) is 3.91. The van der Waals surface area contributed by atoms with E-state index in [2.05, 4.69) is 41.3 Å². The van der Waals surface area contributed by atoms with Crippen LogP contribution in [0.3, 0.4) is 0 Å². The maximum atomic E-state index is 12.8. The largest absolute Gasteiger partial charge is 0.361 e. The van der Waals surface area contributed by atoms with Gasteiger partial charge in [-0.25, -0.2) is 0 Å². The standard InChI is InChI=1S/C22H26N4O2/c1-15(2)12-18-13-20(25-28-18)22(27)26-10-8-17(9-11-26)21-19(14-23-24-21)16-6-4-3-5-7-16/h3-7,13-15,17H,8-12H2,1-2H3,(H,23,24). The van der Waals surface area contributed by atoms with Gasteiger partial charge in [0.05, 0.1) is 6.20 Å². The van der Waals surface area contributed by atoms with Crippen molar-refractivity contribution in [1.29, 1.82) is 0 Å². The first-order chi connectivity index (χ1) is 13.6. The molecule has 0 saturated carbocycles. The summed E-state index contributed by atoms with van der Waals surface area (Å²) in [4.78, 5) is 14.6. The zero-order valence-corrected chi connectivity index (χ0v) is 16.4. The number of aromatic nitrogens is 3. The molecule has 0 spiro atoms. The van der Waals surface area contributed by atoms with E-state index in [-0.39, 0.29) is 5.91 Å². The van der Waals surface area contributed by atoms with E-state index in [0.29, 0.717) is 30.6 Å². The molecule has 28 heavy (non-hydrogen) atoms. The van der Waals surface area contributed by atoms with Crippen molar-refractivity contribution in [2.45, 2.75) is 39.0 Å². The van der Waals surface area contributed by atoms with E-state index >= 15 is 0 Å². The summed E-state index contributed by atoms with van der Waals surface area (Å²) >= 11 is 0. The predicted octanol–water partition coefficient (Wildman–Crippen LogP) is 4.28. The minimum atomic E-state index is -0.0369. The molecule has 146 valence electrons. The Morgan fingerprint density at radius 3 is 2.71 bits per heavy atom. The number of amides is 1. The smallest absolute Gasteiger partial charge is 0.276 e. The molecule has 0 radical (unpaired) electrons. The van der Waals surface area contributed by atoms with Crippen LogP contribution in [0, 0.1) is 5.92 Å². The summed E-state index contributed by atoms with van der Waals surface area (Å²) in [6.45, 7) is 5.66. The Hall–Kier alpha value is -2.89. The molecular formula is C22H26N4O2. The normalized spacial score (nSPS) is 15.3. The number of carbonyl (C=O) groups excluding carboxylic acids is 1. The first-order valence-corrected chi connectivity index (χ1v) is 9.95. The molecule has 1 fully saturated rings. The lowest BCUT2D eigenvalue weighted by Gasteiger charge is -2.31. The molecule has 1 saturated heterocycles. The van der Waals surface area contributed by atoms with Crippen LogP contribution < -0.4 is 0 Å². The number of nitrogens with zero attached hydrogens (tertiary/aromatic N) is 3. The van der Waals surface area contributed by atoms with Crippen molar-refractivity contribution in [1.82, 2.24) is 20.3 Å². The third-order valence-electron chi connectivity index (χ3n) is 5.33. The van der Waals surface area contributed by atoms with Crippen molar-refractivity contribution in [3.63, 3.8) is 0 Å². The van der Waals surface area contributed by atoms with Crippen LogP contribution in [0.2, 0.25) is 0 Å². The van der Waals surface area contributed by atoms with E-state index in [0.717, 1.165) is 30.6 Å². The second kappa shape index (κ2) is 8.00. The van der Waals surface area contributed by atoms with E-state index in [9.17, 15) is 4.79 Å². The molecule has 1 aliphatic heterocycles. The van der Waals surface area contributed by atoms with Gasteiger partial charge in [-0.05, 0) is 24.3 Å². The minimum absolute atomic E-state index is 0.0369. The second-order valence-electron chi connectivity index (χ2n) is 7.91. The van der Waals surface area contributed by atoms with Crippen molar-refractivity contribution in [3.05, 3.63) is 59.7 Å². The number of H-pyrrole nitrogens is 1. The van der Waals surface area contributed by atoms with Gasteiger partial charge in [0.1, 0.15) is 5.76 Å². The van der Waals surface area contributed by atoms with E-state index in [1.807, 2.05) is 29.3 Å². The molecule has 0 bridgehead atoms. The average molecular weight is 378 g/mol. The third-order valence-corrected chi connectivity index (χ3v) is 5.33. The lowest BCUT2D eigenvalue weighted by atomic mass is 9.89. The van der Waals surface area contributed by atoms with Crippen LogP contribution >= 0.6 is 0 Å². The molecule has 2 aromatic heterocycles. The van der Waals surface area contributed by atoms with Crippen molar-refractivity contribution < 1.29 is 9.32 Å². The van der Waals surface area contributed by atoms with Gasteiger partial charge in [-0.2, -0.15) is 5.10 Å². The maximum absolute atomic E-state index is 12.8. The topological polar surface area (TPSA) is 75.0 Å². The molecule has 3 aromatic rings. The van der Waals surface area contributed by atoms with E-state index in [1.54, 1.807) is 6.07 Å². The van der Waals surface area contributed by atoms with Crippen LogP contribution in [0.5, 0.6) is 0 Å². The number of aromatic amines is 1. The number of nitrogens with one attached hydrogen (secondary N) is 1. The highest BCUT2D eigenvalue weighted by Gasteiger charge is 2.28. The van der Waals surface area contributed by atoms with Crippen molar-refractivity contribution in [2.24, 2.45) is 5.92 Å². The zero-order chi connectivity index (χ0) is 19.5. The lowest BCUT2D eigenvalue weighted by Crippen LogP contribution is -2.38. The molecule has 1 aliphatic rings. The summed E-state index contributed by atoms with van der Waals surface area (Å²) in [5.74, 6) is 1.58. The first-order valence-electron chi connectivity index (χ1n) is 9.95. The van der Waals surface area contributed by atoms with Gasteiger partial charge in [0.2, 0.25) is 0 Å². The molecule has 0 aliphatic carbocycles. The lowest BCUT2D eigenvalue weighted by molar-refractivity contribution is 0.0701. The van der Waals surface area contributed by atoms with Gasteiger partial charge in [0.15, 0.2) is 5.69 Å². The summed E-state index contributed by atoms with van der Waals surface area (Å²) in [6, 6.07) is 12.1. The van der Waals surface area contributed by atoms with Crippen molar-refractivity contribution in [2.75, 3.05) is 13.1 Å². The van der Waals surface area contributed by atoms with Crippen molar-refractivity contribution in [3.8, 4) is 11.1 Å². The first kappa shape index (κ1) is 18.5. The molecule has 4 rings (SSSR count). The Kier molecular flexibility index (Phi) is 5.28. The Morgan fingerprint density at radius 2 is 2.00 bits per heavy atom. The number of hydrogen-bond acceptors (Lipinski definition) is 4. The maximum Gasteiger partial charge on any atom is 0.276 e. The zero-order valence-electron chi connectivity index (χ0n) is 16.4. The second-order valence-corrected chi connectivity index (χ2v) is 7.91. The van der Waals surface area contributed by atoms with E-state index in [1.165, 1.54) is 11.3 Å². The summed E-state index contributed by atoms with van der Waals surface area (Å²) < 4.78 is 5.32. The fraction of sp³-hybridized carbons (Fsp3) is 0.409. The summed E-state index contributed by atoms with van der Waals surface area (Å²) in [6.07, 6.45) is 4.51. The highest BCUT2D eigenvalue weighted by Crippen LogP contribution is 2.34. The number of benzene rings is 1. The van der Waals surface area contributed by atoms with Crippen LogP contribution in [0.25, 0.3) is 11.1 Å². The van der Waals surface area contributed by atoms with Gasteiger partial charge in [0, 0.05) is 42.8 Å². The molecule has 0 atom stereocenters. The van der Waals surface area contributed by atoms with Crippen LogP contribution in [0.4, 0.5) is 0 Å². The molecular weight excluding hydrogens is 352 g/mol. The number of hydrogen-bond donors (Lipinski definition) is 1. The monoisotopic (exact) mass is 378 g/mol. The Balaban J connectivity index is 1.41. The minimum Gasteiger partial charge on any atom is -0.361 e. The fourth-order valence-corrected chi connectivity index (χ4v) is 3.90. The number of piperidine rings is 1. The number of carbonyl (C=O) groups is 1. The average Bonchev–Trinajstić information content (AvgIpc) is 3.37. The van der Waals surface area contributed by atoms with Gasteiger partial charge in [-0.15, -0.1) is 0 Å². The Labute approximate surface area is 164 Å². The third kappa shape index (κ3) is 3.86. The van der Waals surface area contributed by atoms with Crippen LogP contribution in [-0.4, -0.2) is 39.3 Å². The van der Waals surface area contributed by atoms with Gasteiger partial charge in [-0.3, -0.25) is 9.89 Å². The van der Waals surface area contributed by atoms with Gasteiger partial charge in [-0.1, -0.05) is 49.3 Å². The highest BCUT2D eigenvalue weighted by molar-refractivity contribution is 5.92. The molecule has 6 heteroatoms. The van der Waals surface area contributed by atoms with Gasteiger partial charge < -0.3 is 9.42 Å². The van der Waals surface area contributed by atoms with Crippen molar-refractivity contribution >= 4 is 5.91 Å². The van der Waals surface area contributed by atoms with E-state index in [4.69, 9.17) is 4.52 Å². The molecule has 1 amide bonds. The molecule has 1 N–H and O–H groups in total. The highest BCUT2D eigenvalue weighted by atomic mass is 16.5. The van der Waals surface area contributed by atoms with Crippen LogP contribution in [0.1, 0.15) is 54.5 Å². The number of likely N-dealkylation sites (tertiary alicyclic amines) is 1. The van der Waals surface area contributed by atoms with Gasteiger partial charge >= 0.3 is 0 Å². The molecule has 6 nitrogen and oxygen atoms in total. The summed E-state index contributed by atoms with van der Waals surface area (Å²) in [5, 5.41) is 11.4. The SMILES string of the molecule is CC(C)Cc1cc(C(=O)N2CCC(c3[nH]ncc3-c3ccccc3)CC2)no1. The Morgan fingerprint density at radius 1 is 1.25 bits per heavy atom. The Bertz CT molecular complexity index is 921. The van der Waals surface area contributed by atoms with Gasteiger partial charge in [0.25, 0.3) is 5.91 Å². The predicted molar refractivity (Wildman–Crippen MR) is 107 cm³/mol. The van der Waals surface area contributed by atoms with Crippen LogP contribution in [-0.2, 0) is 6.42 Å². The molecule has 3 heterocycles. The van der Waals surface area contributed by atoms with E-state index < -0.39 is 0 Å². The molecule has 0 unspecified atom stereocenters. The summed E-state index contributed by atoms with van der Waals surface area (Å²) in [7, 11) is 0. The quantitative estimate of drug-likeness (QED) is 0.719.